The van der Waals surface area contributed by atoms with Crippen LogP contribution in [0.25, 0.3) is 0 Å². The van der Waals surface area contributed by atoms with E-state index in [-0.39, 0.29) is 5.79 Å². The van der Waals surface area contributed by atoms with Crippen molar-refractivity contribution in [2.75, 3.05) is 14.2 Å². The van der Waals surface area contributed by atoms with Crippen molar-refractivity contribution >= 4 is 19.0 Å². The molecule has 4 radical (unpaired) electrons. The quantitative estimate of drug-likeness (QED) is 0.526. The highest BCUT2D eigenvalue weighted by Crippen LogP contribution is 2.49. The Morgan fingerprint density at radius 1 is 1.00 bits per heavy atom. The van der Waals surface area contributed by atoms with Crippen LogP contribution in [0.5, 0.6) is 0 Å². The van der Waals surface area contributed by atoms with E-state index in [1.807, 2.05) is 0 Å². The first-order chi connectivity index (χ1) is 7.21. The van der Waals surface area contributed by atoms with Crippen LogP contribution >= 0.6 is 0 Å². The standard InChI is InChI=1S/C11H22O2Si2/c1-5-14-9-7-11(12-3,13-4)8-10(9)15-6-2/h9-10H,5-8H2,1-4H3. The molecule has 4 heteroatoms. The fourth-order valence-corrected chi connectivity index (χ4v) is 5.88. The molecule has 0 aliphatic heterocycles. The average molecular weight is 242 g/mol. The zero-order valence-corrected chi connectivity index (χ0v) is 12.3. The van der Waals surface area contributed by atoms with Gasteiger partial charge in [0.25, 0.3) is 0 Å². The third-order valence-corrected chi connectivity index (χ3v) is 6.64. The van der Waals surface area contributed by atoms with Gasteiger partial charge in [0.15, 0.2) is 5.79 Å². The molecule has 0 N–H and O–H groups in total. The molecule has 1 saturated carbocycles. The van der Waals surface area contributed by atoms with Crippen molar-refractivity contribution in [2.45, 2.75) is 55.6 Å². The van der Waals surface area contributed by atoms with Gasteiger partial charge in [-0.3, -0.25) is 0 Å². The van der Waals surface area contributed by atoms with E-state index in [0.29, 0.717) is 0 Å². The maximum Gasteiger partial charge on any atom is 0.167 e. The van der Waals surface area contributed by atoms with Crippen molar-refractivity contribution in [2.24, 2.45) is 0 Å². The van der Waals surface area contributed by atoms with Crippen LogP contribution in [0.15, 0.2) is 0 Å². The Balaban J connectivity index is 2.62. The van der Waals surface area contributed by atoms with Gasteiger partial charge in [-0.1, -0.05) is 25.9 Å². The van der Waals surface area contributed by atoms with Crippen LogP contribution in [-0.4, -0.2) is 39.0 Å². The second kappa shape index (κ2) is 6.18. The maximum atomic E-state index is 5.59. The van der Waals surface area contributed by atoms with Crippen LogP contribution in [0.2, 0.25) is 23.2 Å². The Hall–Kier alpha value is 0.354. The van der Waals surface area contributed by atoms with Crippen LogP contribution in [0.3, 0.4) is 0 Å². The minimum Gasteiger partial charge on any atom is -0.353 e. The van der Waals surface area contributed by atoms with Crippen molar-refractivity contribution in [3.63, 3.8) is 0 Å². The van der Waals surface area contributed by atoms with Crippen LogP contribution in [0.4, 0.5) is 0 Å². The van der Waals surface area contributed by atoms with Gasteiger partial charge in [0.2, 0.25) is 0 Å². The molecule has 86 valence electrons. The Bertz CT molecular complexity index is 167. The molecule has 15 heavy (non-hydrogen) atoms. The molecule has 2 nitrogen and oxygen atoms in total. The van der Waals surface area contributed by atoms with Gasteiger partial charge in [-0.15, -0.1) is 0 Å². The smallest absolute Gasteiger partial charge is 0.167 e. The van der Waals surface area contributed by atoms with E-state index in [2.05, 4.69) is 13.8 Å². The minimum atomic E-state index is -0.264. The molecule has 1 aliphatic carbocycles. The molecule has 1 aliphatic rings. The summed E-state index contributed by atoms with van der Waals surface area (Å²) in [5.74, 6) is -0.264. The Morgan fingerprint density at radius 3 is 1.67 bits per heavy atom. The zero-order chi connectivity index (χ0) is 11.3. The number of rotatable bonds is 6. The summed E-state index contributed by atoms with van der Waals surface area (Å²) in [5, 5.41) is 0. The lowest BCUT2D eigenvalue weighted by Crippen LogP contribution is -2.30. The van der Waals surface area contributed by atoms with E-state index in [4.69, 9.17) is 9.47 Å². The lowest BCUT2D eigenvalue weighted by molar-refractivity contribution is -0.200. The Morgan fingerprint density at radius 2 is 1.40 bits per heavy atom. The van der Waals surface area contributed by atoms with Crippen LogP contribution in [-0.2, 0) is 9.47 Å². The highest BCUT2D eigenvalue weighted by molar-refractivity contribution is 6.45. The molecule has 0 saturated heterocycles. The first kappa shape index (κ1) is 13.4. The van der Waals surface area contributed by atoms with Crippen molar-refractivity contribution in [3.8, 4) is 0 Å². The Kier molecular flexibility index (Phi) is 5.53. The minimum absolute atomic E-state index is 0.264. The molecule has 0 aromatic heterocycles. The topological polar surface area (TPSA) is 18.5 Å². The molecule has 0 aromatic rings. The number of methoxy groups -OCH3 is 2. The third-order valence-electron chi connectivity index (χ3n) is 3.22. The van der Waals surface area contributed by atoms with Crippen molar-refractivity contribution < 1.29 is 9.47 Å². The molecule has 0 bridgehead atoms. The van der Waals surface area contributed by atoms with Crippen LogP contribution in [0, 0.1) is 0 Å². The third kappa shape index (κ3) is 3.15. The summed E-state index contributed by atoms with van der Waals surface area (Å²) < 4.78 is 11.2. The summed E-state index contributed by atoms with van der Waals surface area (Å²) in [5.41, 5.74) is 1.68. The number of hydrogen-bond acceptors (Lipinski definition) is 2. The summed E-state index contributed by atoms with van der Waals surface area (Å²) >= 11 is 0. The molecule has 1 rings (SSSR count). The SMILES string of the molecule is CC[Si]C1CC(OC)(OC)CC1[Si]CC. The summed E-state index contributed by atoms with van der Waals surface area (Å²) in [7, 11) is 5.73. The lowest BCUT2D eigenvalue weighted by atomic mass is 10.2. The van der Waals surface area contributed by atoms with Crippen molar-refractivity contribution in [1.82, 2.24) is 0 Å². The Labute approximate surface area is 98.8 Å². The molecule has 0 spiro atoms. The van der Waals surface area contributed by atoms with Gasteiger partial charge in [-0.05, 0) is 11.1 Å². The lowest BCUT2D eigenvalue weighted by Gasteiger charge is -2.26. The van der Waals surface area contributed by atoms with Crippen molar-refractivity contribution in [3.05, 3.63) is 0 Å². The van der Waals surface area contributed by atoms with Crippen LogP contribution in [0.1, 0.15) is 26.7 Å². The van der Waals surface area contributed by atoms with E-state index in [1.54, 1.807) is 14.2 Å². The zero-order valence-electron chi connectivity index (χ0n) is 10.3. The number of hydrogen-bond donors (Lipinski definition) is 0. The van der Waals surface area contributed by atoms with Gasteiger partial charge in [-0.2, -0.15) is 0 Å². The summed E-state index contributed by atoms with van der Waals surface area (Å²) in [6.45, 7) is 4.56. The van der Waals surface area contributed by atoms with Crippen LogP contribution < -0.4 is 0 Å². The highest BCUT2D eigenvalue weighted by atomic mass is 28.2. The predicted molar refractivity (Wildman–Crippen MR) is 66.0 cm³/mol. The molecular formula is C11H22O2Si2. The molecule has 0 heterocycles. The summed E-state index contributed by atoms with van der Waals surface area (Å²) in [6, 6.07) is 2.61. The maximum absolute atomic E-state index is 5.59. The summed E-state index contributed by atoms with van der Waals surface area (Å²) in [6.07, 6.45) is 2.20. The molecule has 2 unspecified atom stereocenters. The predicted octanol–water partition coefficient (Wildman–Crippen LogP) is 2.63. The summed E-state index contributed by atoms with van der Waals surface area (Å²) in [4.78, 5) is 0. The van der Waals surface area contributed by atoms with Gasteiger partial charge >= 0.3 is 0 Å². The first-order valence-electron chi connectivity index (χ1n) is 5.78. The van der Waals surface area contributed by atoms with Gasteiger partial charge in [0.1, 0.15) is 0 Å². The molecule has 0 aromatic carbocycles. The van der Waals surface area contributed by atoms with E-state index in [0.717, 1.165) is 43.0 Å². The number of ether oxygens (including phenoxy) is 2. The normalized spacial score (nSPS) is 29.6. The van der Waals surface area contributed by atoms with Gasteiger partial charge in [0, 0.05) is 46.1 Å². The molecule has 0 amide bonds. The highest BCUT2D eigenvalue weighted by Gasteiger charge is 2.45. The van der Waals surface area contributed by atoms with E-state index in [9.17, 15) is 0 Å². The van der Waals surface area contributed by atoms with Gasteiger partial charge in [0.05, 0.1) is 0 Å². The van der Waals surface area contributed by atoms with E-state index in [1.165, 1.54) is 12.1 Å². The van der Waals surface area contributed by atoms with Crippen molar-refractivity contribution in [1.29, 1.82) is 0 Å². The second-order valence-corrected chi connectivity index (χ2v) is 7.77. The molecule has 1 fully saturated rings. The van der Waals surface area contributed by atoms with E-state index < -0.39 is 0 Å². The second-order valence-electron chi connectivity index (χ2n) is 4.06. The monoisotopic (exact) mass is 242 g/mol. The fourth-order valence-electron chi connectivity index (χ4n) is 2.41. The van der Waals surface area contributed by atoms with Gasteiger partial charge in [-0.25, -0.2) is 0 Å². The molecule has 2 atom stereocenters. The average Bonchev–Trinajstić information content (AvgIpc) is 2.59. The van der Waals surface area contributed by atoms with Gasteiger partial charge < -0.3 is 9.47 Å². The molecular weight excluding hydrogens is 220 g/mol. The van der Waals surface area contributed by atoms with E-state index >= 15 is 0 Å². The first-order valence-corrected chi connectivity index (χ1v) is 8.35. The fraction of sp³-hybridized carbons (Fsp3) is 1.00. The largest absolute Gasteiger partial charge is 0.353 e.